The molecule has 1 aromatic carbocycles. The summed E-state index contributed by atoms with van der Waals surface area (Å²) in [4.78, 5) is 2.61. The zero-order valence-electron chi connectivity index (χ0n) is 8.52. The van der Waals surface area contributed by atoms with Crippen LogP contribution in [0.4, 0.5) is 5.69 Å². The van der Waals surface area contributed by atoms with Crippen LogP contribution in [-0.2, 0) is 0 Å². The fourth-order valence-electron chi connectivity index (χ4n) is 2.86. The largest absolute Gasteiger partial charge is 0.361 e. The van der Waals surface area contributed by atoms with Crippen LogP contribution >= 0.6 is 0 Å². The minimum Gasteiger partial charge on any atom is -0.361 e. The van der Waals surface area contributed by atoms with E-state index in [1.807, 2.05) is 0 Å². The van der Waals surface area contributed by atoms with Gasteiger partial charge in [0, 0.05) is 17.8 Å². The Hall–Kier alpha value is -0.980. The van der Waals surface area contributed by atoms with Crippen molar-refractivity contribution in [3.63, 3.8) is 0 Å². The number of para-hydroxylation sites is 1. The molecule has 1 saturated heterocycles. The molecule has 1 nitrogen and oxygen atoms in total. The summed E-state index contributed by atoms with van der Waals surface area (Å²) in [5, 5.41) is 0. The van der Waals surface area contributed by atoms with Gasteiger partial charge in [0.1, 0.15) is 0 Å². The highest BCUT2D eigenvalue weighted by atomic mass is 15.4. The summed E-state index contributed by atoms with van der Waals surface area (Å²) in [5.74, 6) is 0. The normalized spacial score (nSPS) is 30.7. The molecule has 1 saturated carbocycles. The van der Waals surface area contributed by atoms with Crippen molar-refractivity contribution in [3.8, 4) is 0 Å². The Bertz CT molecular complexity index is 294. The maximum Gasteiger partial charge on any atom is 0.0497 e. The lowest BCUT2D eigenvalue weighted by molar-refractivity contribution is 0.664. The van der Waals surface area contributed by atoms with Gasteiger partial charge in [-0.3, -0.25) is 0 Å². The van der Waals surface area contributed by atoms with Gasteiger partial charge in [0.25, 0.3) is 0 Å². The molecule has 2 unspecified atom stereocenters. The van der Waals surface area contributed by atoms with Crippen LogP contribution in [0.25, 0.3) is 0 Å². The third-order valence-electron chi connectivity index (χ3n) is 3.62. The van der Waals surface area contributed by atoms with Crippen LogP contribution in [0.3, 0.4) is 0 Å². The van der Waals surface area contributed by atoms with Gasteiger partial charge >= 0.3 is 0 Å². The van der Waals surface area contributed by atoms with Crippen LogP contribution in [0.5, 0.6) is 0 Å². The summed E-state index contributed by atoms with van der Waals surface area (Å²) in [6.07, 6.45) is 7.16. The van der Waals surface area contributed by atoms with E-state index in [2.05, 4.69) is 35.2 Å². The Labute approximate surface area is 85.7 Å². The lowest BCUT2D eigenvalue weighted by atomic mass is 10.2. The van der Waals surface area contributed by atoms with E-state index in [4.69, 9.17) is 0 Å². The lowest BCUT2D eigenvalue weighted by Crippen LogP contribution is -2.01. The summed E-state index contributed by atoms with van der Waals surface area (Å²) < 4.78 is 0. The van der Waals surface area contributed by atoms with Gasteiger partial charge in [-0.1, -0.05) is 37.5 Å². The van der Waals surface area contributed by atoms with Crippen molar-refractivity contribution in [2.24, 2.45) is 0 Å². The van der Waals surface area contributed by atoms with Crippen molar-refractivity contribution in [1.82, 2.24) is 0 Å². The third kappa shape index (κ3) is 1.31. The summed E-state index contributed by atoms with van der Waals surface area (Å²) in [5.41, 5.74) is 1.43. The van der Waals surface area contributed by atoms with Crippen molar-refractivity contribution in [3.05, 3.63) is 30.3 Å². The topological polar surface area (TPSA) is 3.01 Å². The molecule has 1 aliphatic heterocycles. The van der Waals surface area contributed by atoms with Gasteiger partial charge < -0.3 is 4.90 Å². The van der Waals surface area contributed by atoms with E-state index in [1.54, 1.807) is 0 Å². The van der Waals surface area contributed by atoms with Crippen LogP contribution in [0, 0.1) is 0 Å². The Kier molecular flexibility index (Phi) is 1.97. The zero-order valence-corrected chi connectivity index (χ0v) is 8.52. The van der Waals surface area contributed by atoms with Gasteiger partial charge in [-0.25, -0.2) is 0 Å². The Morgan fingerprint density at radius 2 is 1.50 bits per heavy atom. The van der Waals surface area contributed by atoms with Gasteiger partial charge in [0.05, 0.1) is 0 Å². The smallest absolute Gasteiger partial charge is 0.0497 e. The molecule has 1 aliphatic carbocycles. The van der Waals surface area contributed by atoms with Gasteiger partial charge in [0.2, 0.25) is 0 Å². The van der Waals surface area contributed by atoms with Crippen molar-refractivity contribution >= 4 is 5.69 Å². The summed E-state index contributed by atoms with van der Waals surface area (Å²) in [6.45, 7) is 0. The van der Waals surface area contributed by atoms with Crippen LogP contribution in [0.1, 0.15) is 32.1 Å². The predicted octanol–water partition coefficient (Wildman–Crippen LogP) is 3.21. The van der Waals surface area contributed by atoms with Crippen molar-refractivity contribution in [2.45, 2.75) is 44.2 Å². The standard InChI is InChI=1S/C13H17N/c1-3-7-11(8-4-1)14-12-9-5-2-6-10-13(12)14/h1,3-4,7-8,12-13H,2,5-6,9-10H2. The highest BCUT2D eigenvalue weighted by molar-refractivity contribution is 5.56. The molecule has 1 heteroatoms. The van der Waals surface area contributed by atoms with E-state index >= 15 is 0 Å². The lowest BCUT2D eigenvalue weighted by Gasteiger charge is -2.07. The summed E-state index contributed by atoms with van der Waals surface area (Å²) >= 11 is 0. The number of hydrogen-bond donors (Lipinski definition) is 0. The fourth-order valence-corrected chi connectivity index (χ4v) is 2.86. The number of fused-ring (bicyclic) bond motifs is 1. The first-order valence-electron chi connectivity index (χ1n) is 5.80. The maximum atomic E-state index is 2.61. The summed E-state index contributed by atoms with van der Waals surface area (Å²) in [7, 11) is 0. The van der Waals surface area contributed by atoms with Crippen LogP contribution in [0.15, 0.2) is 30.3 Å². The molecule has 0 radical (unpaired) electrons. The molecule has 0 spiro atoms. The van der Waals surface area contributed by atoms with E-state index in [-0.39, 0.29) is 0 Å². The van der Waals surface area contributed by atoms with Crippen LogP contribution in [-0.4, -0.2) is 12.1 Å². The Morgan fingerprint density at radius 3 is 2.14 bits per heavy atom. The number of anilines is 1. The average Bonchev–Trinajstić information content (AvgIpc) is 2.93. The first-order valence-corrected chi connectivity index (χ1v) is 5.80. The van der Waals surface area contributed by atoms with E-state index in [1.165, 1.54) is 37.8 Å². The molecule has 14 heavy (non-hydrogen) atoms. The molecule has 0 amide bonds. The monoisotopic (exact) mass is 187 g/mol. The van der Waals surface area contributed by atoms with Crippen molar-refractivity contribution < 1.29 is 0 Å². The quantitative estimate of drug-likeness (QED) is 0.610. The zero-order chi connectivity index (χ0) is 9.38. The highest BCUT2D eigenvalue weighted by Crippen LogP contribution is 2.42. The number of hydrogen-bond acceptors (Lipinski definition) is 1. The van der Waals surface area contributed by atoms with Gasteiger partial charge in [-0.2, -0.15) is 0 Å². The fraction of sp³-hybridized carbons (Fsp3) is 0.538. The highest BCUT2D eigenvalue weighted by Gasteiger charge is 2.46. The average molecular weight is 187 g/mol. The molecular formula is C13H17N. The SMILES string of the molecule is c1ccc(N2C3CCCCCC32)cc1. The molecule has 1 aromatic rings. The second-order valence-electron chi connectivity index (χ2n) is 4.52. The molecule has 74 valence electrons. The third-order valence-corrected chi connectivity index (χ3v) is 3.62. The van der Waals surface area contributed by atoms with Crippen LogP contribution in [0.2, 0.25) is 0 Å². The van der Waals surface area contributed by atoms with Gasteiger partial charge in [0.15, 0.2) is 0 Å². The molecule has 0 aromatic heterocycles. The first kappa shape index (κ1) is 8.34. The van der Waals surface area contributed by atoms with E-state index < -0.39 is 0 Å². The predicted molar refractivity (Wildman–Crippen MR) is 59.6 cm³/mol. The van der Waals surface area contributed by atoms with Gasteiger partial charge in [-0.15, -0.1) is 0 Å². The number of benzene rings is 1. The first-order chi connectivity index (χ1) is 6.97. The molecule has 2 atom stereocenters. The minimum atomic E-state index is 0.875. The minimum absolute atomic E-state index is 0.875. The van der Waals surface area contributed by atoms with Gasteiger partial charge in [-0.05, 0) is 25.0 Å². The van der Waals surface area contributed by atoms with Crippen molar-refractivity contribution in [2.75, 3.05) is 4.90 Å². The van der Waals surface area contributed by atoms with E-state index in [9.17, 15) is 0 Å². The molecule has 2 aliphatic rings. The molecule has 0 N–H and O–H groups in total. The Balaban J connectivity index is 1.77. The molecule has 3 rings (SSSR count). The number of rotatable bonds is 1. The molecule has 2 fully saturated rings. The second kappa shape index (κ2) is 3.30. The van der Waals surface area contributed by atoms with E-state index in [0.29, 0.717) is 0 Å². The second-order valence-corrected chi connectivity index (χ2v) is 4.52. The molecule has 1 heterocycles. The number of nitrogens with zero attached hydrogens (tertiary/aromatic N) is 1. The Morgan fingerprint density at radius 1 is 0.857 bits per heavy atom. The summed E-state index contributed by atoms with van der Waals surface area (Å²) in [6, 6.07) is 12.6. The van der Waals surface area contributed by atoms with Crippen molar-refractivity contribution in [1.29, 1.82) is 0 Å². The molecular weight excluding hydrogens is 170 g/mol. The van der Waals surface area contributed by atoms with E-state index in [0.717, 1.165) is 12.1 Å². The van der Waals surface area contributed by atoms with Crippen LogP contribution < -0.4 is 4.90 Å². The molecule has 0 bridgehead atoms. The maximum absolute atomic E-state index is 2.61.